The number of hydrogen-bond acceptors (Lipinski definition) is 5. The minimum absolute atomic E-state index is 0.0379. The predicted octanol–water partition coefficient (Wildman–Crippen LogP) is 3.15. The Labute approximate surface area is 164 Å². The molecule has 0 radical (unpaired) electrons. The zero-order valence-corrected chi connectivity index (χ0v) is 16.0. The number of amides is 1. The molecule has 7 nitrogen and oxygen atoms in total. The highest BCUT2D eigenvalue weighted by molar-refractivity contribution is 7.20. The summed E-state index contributed by atoms with van der Waals surface area (Å²) < 4.78 is 3.57. The molecule has 3 aromatic heterocycles. The van der Waals surface area contributed by atoms with Crippen molar-refractivity contribution < 1.29 is 4.79 Å². The number of hydrogen-bond donors (Lipinski definition) is 1. The van der Waals surface area contributed by atoms with Gasteiger partial charge in [-0.3, -0.25) is 14.2 Å². The molecule has 1 aliphatic rings. The Balaban J connectivity index is 1.56. The summed E-state index contributed by atoms with van der Waals surface area (Å²) in [5.74, 6) is 0.578. The van der Waals surface area contributed by atoms with Crippen molar-refractivity contribution in [3.05, 3.63) is 69.6 Å². The molecule has 0 aliphatic carbocycles. The highest BCUT2D eigenvalue weighted by Crippen LogP contribution is 2.30. The average molecular weight is 391 g/mol. The topological polar surface area (TPSA) is 81.8 Å². The van der Waals surface area contributed by atoms with Crippen LogP contribution in [0.5, 0.6) is 0 Å². The van der Waals surface area contributed by atoms with Crippen molar-refractivity contribution in [2.45, 2.75) is 26.3 Å². The zero-order valence-electron chi connectivity index (χ0n) is 15.2. The summed E-state index contributed by atoms with van der Waals surface area (Å²) in [6, 6.07) is 7.53. The lowest BCUT2D eigenvalue weighted by Crippen LogP contribution is -2.20. The van der Waals surface area contributed by atoms with Crippen LogP contribution in [0.15, 0.2) is 47.8 Å². The van der Waals surface area contributed by atoms with Gasteiger partial charge in [-0.25, -0.2) is 9.97 Å². The van der Waals surface area contributed by atoms with Gasteiger partial charge in [-0.2, -0.15) is 0 Å². The van der Waals surface area contributed by atoms with E-state index in [2.05, 4.69) is 15.3 Å². The number of anilines is 1. The molecule has 0 atom stereocenters. The summed E-state index contributed by atoms with van der Waals surface area (Å²) in [4.78, 5) is 35.7. The van der Waals surface area contributed by atoms with E-state index in [1.807, 2.05) is 42.0 Å². The van der Waals surface area contributed by atoms with Crippen LogP contribution < -0.4 is 10.9 Å². The SMILES string of the molecule is Cc1c(C(=O)Nc2ccccc2-n2ccnc2)sc2nc3n(c(=O)c12)CCC3. The zero-order chi connectivity index (χ0) is 19.3. The predicted molar refractivity (Wildman–Crippen MR) is 108 cm³/mol. The largest absolute Gasteiger partial charge is 0.319 e. The fourth-order valence-corrected chi connectivity index (χ4v) is 4.76. The fraction of sp³-hybridized carbons (Fsp3) is 0.200. The Kier molecular flexibility index (Phi) is 3.87. The van der Waals surface area contributed by atoms with Gasteiger partial charge in [0.05, 0.1) is 28.0 Å². The van der Waals surface area contributed by atoms with Gasteiger partial charge in [0.1, 0.15) is 10.7 Å². The first-order valence-electron chi connectivity index (χ1n) is 9.05. The summed E-state index contributed by atoms with van der Waals surface area (Å²) in [5, 5.41) is 3.54. The smallest absolute Gasteiger partial charge is 0.266 e. The first-order valence-corrected chi connectivity index (χ1v) is 9.86. The maximum atomic E-state index is 13.0. The maximum absolute atomic E-state index is 13.0. The van der Waals surface area contributed by atoms with Crippen molar-refractivity contribution in [1.29, 1.82) is 0 Å². The third-order valence-electron chi connectivity index (χ3n) is 5.05. The Morgan fingerprint density at radius 2 is 2.14 bits per heavy atom. The fourth-order valence-electron chi connectivity index (χ4n) is 3.68. The summed E-state index contributed by atoms with van der Waals surface area (Å²) in [5.41, 5.74) is 2.15. The number of carbonyl (C=O) groups excluding carboxylic acids is 1. The number of thiophene rings is 1. The van der Waals surface area contributed by atoms with Gasteiger partial charge in [0, 0.05) is 25.4 Å². The van der Waals surface area contributed by atoms with E-state index in [0.29, 0.717) is 32.9 Å². The van der Waals surface area contributed by atoms with Crippen molar-refractivity contribution in [2.75, 3.05) is 5.32 Å². The Morgan fingerprint density at radius 3 is 2.96 bits per heavy atom. The minimum Gasteiger partial charge on any atom is -0.319 e. The number of aromatic nitrogens is 4. The lowest BCUT2D eigenvalue weighted by atomic mass is 10.2. The maximum Gasteiger partial charge on any atom is 0.266 e. The molecular weight excluding hydrogens is 374 g/mol. The number of nitrogens with one attached hydrogen (secondary N) is 1. The highest BCUT2D eigenvalue weighted by atomic mass is 32.1. The van der Waals surface area contributed by atoms with Crippen LogP contribution in [0.4, 0.5) is 5.69 Å². The molecule has 1 amide bonds. The molecule has 0 fully saturated rings. The van der Waals surface area contributed by atoms with Crippen molar-refractivity contribution in [3.8, 4) is 5.69 Å². The lowest BCUT2D eigenvalue weighted by molar-refractivity contribution is 0.103. The van der Waals surface area contributed by atoms with Crippen LogP contribution >= 0.6 is 11.3 Å². The van der Waals surface area contributed by atoms with Gasteiger partial charge >= 0.3 is 0 Å². The van der Waals surface area contributed by atoms with Gasteiger partial charge in [0.25, 0.3) is 11.5 Å². The van der Waals surface area contributed by atoms with E-state index in [0.717, 1.165) is 24.4 Å². The molecule has 1 aliphatic heterocycles. The number of benzene rings is 1. The Bertz CT molecular complexity index is 1270. The van der Waals surface area contributed by atoms with Crippen LogP contribution in [-0.2, 0) is 13.0 Å². The van der Waals surface area contributed by atoms with Crippen molar-refractivity contribution in [3.63, 3.8) is 0 Å². The second-order valence-corrected chi connectivity index (χ2v) is 7.77. The highest BCUT2D eigenvalue weighted by Gasteiger charge is 2.23. The van der Waals surface area contributed by atoms with Crippen LogP contribution in [0.1, 0.15) is 27.5 Å². The average Bonchev–Trinajstić information content (AvgIpc) is 3.42. The van der Waals surface area contributed by atoms with Crippen LogP contribution in [0.2, 0.25) is 0 Å². The van der Waals surface area contributed by atoms with E-state index >= 15 is 0 Å². The molecule has 0 unspecified atom stereocenters. The molecule has 0 saturated carbocycles. The second kappa shape index (κ2) is 6.42. The summed E-state index contributed by atoms with van der Waals surface area (Å²) in [7, 11) is 0. The number of fused-ring (bicyclic) bond motifs is 2. The van der Waals surface area contributed by atoms with Gasteiger partial charge in [0.15, 0.2) is 0 Å². The molecule has 8 heteroatoms. The molecule has 4 heterocycles. The van der Waals surface area contributed by atoms with Gasteiger partial charge in [-0.05, 0) is 31.0 Å². The van der Waals surface area contributed by atoms with Crippen molar-refractivity contribution in [1.82, 2.24) is 19.1 Å². The molecule has 1 aromatic carbocycles. The Hall–Kier alpha value is -3.26. The molecule has 0 saturated heterocycles. The number of imidazole rings is 1. The summed E-state index contributed by atoms with van der Waals surface area (Å²) in [6.45, 7) is 2.52. The number of carbonyl (C=O) groups is 1. The van der Waals surface area contributed by atoms with E-state index in [1.165, 1.54) is 11.3 Å². The molecule has 0 spiro atoms. The number of rotatable bonds is 3. The second-order valence-electron chi connectivity index (χ2n) is 6.77. The number of aryl methyl sites for hydroxylation is 2. The van der Waals surface area contributed by atoms with Crippen molar-refractivity contribution >= 4 is 33.1 Å². The molecule has 1 N–H and O–H groups in total. The number of para-hydroxylation sites is 2. The monoisotopic (exact) mass is 391 g/mol. The van der Waals surface area contributed by atoms with E-state index in [9.17, 15) is 9.59 Å². The number of nitrogens with zero attached hydrogens (tertiary/aromatic N) is 4. The van der Waals surface area contributed by atoms with E-state index in [-0.39, 0.29) is 11.5 Å². The summed E-state index contributed by atoms with van der Waals surface area (Å²) >= 11 is 1.28. The standard InChI is InChI=1S/C20H17N5O2S/c1-12-16-19(23-15-7-4-9-25(15)20(16)27)28-17(12)18(26)22-13-5-2-3-6-14(13)24-10-8-21-11-24/h2-3,5-6,8,10-11H,4,7,9H2,1H3,(H,22,26). The quantitative estimate of drug-likeness (QED) is 0.582. The molecule has 0 bridgehead atoms. The van der Waals surface area contributed by atoms with E-state index in [4.69, 9.17) is 0 Å². The molecule has 28 heavy (non-hydrogen) atoms. The minimum atomic E-state index is -0.238. The van der Waals surface area contributed by atoms with Crippen molar-refractivity contribution in [2.24, 2.45) is 0 Å². The molecule has 5 rings (SSSR count). The Morgan fingerprint density at radius 1 is 1.29 bits per heavy atom. The first kappa shape index (κ1) is 16.9. The third kappa shape index (κ3) is 2.56. The molecule has 4 aromatic rings. The van der Waals surface area contributed by atoms with E-state index < -0.39 is 0 Å². The van der Waals surface area contributed by atoms with Gasteiger partial charge < -0.3 is 9.88 Å². The first-order chi connectivity index (χ1) is 13.6. The molecular formula is C20H17N5O2S. The molecule has 140 valence electrons. The van der Waals surface area contributed by atoms with Crippen LogP contribution in [0.3, 0.4) is 0 Å². The van der Waals surface area contributed by atoms with Gasteiger partial charge in [0.2, 0.25) is 0 Å². The lowest BCUT2D eigenvalue weighted by Gasteiger charge is -2.11. The normalized spacial score (nSPS) is 13.0. The van der Waals surface area contributed by atoms with Gasteiger partial charge in [-0.1, -0.05) is 12.1 Å². The van der Waals surface area contributed by atoms with Crippen LogP contribution in [0, 0.1) is 6.92 Å². The summed E-state index contributed by atoms with van der Waals surface area (Å²) in [6.07, 6.45) is 6.94. The third-order valence-corrected chi connectivity index (χ3v) is 6.24. The van der Waals surface area contributed by atoms with Crippen LogP contribution in [0.25, 0.3) is 15.9 Å². The van der Waals surface area contributed by atoms with Crippen LogP contribution in [-0.4, -0.2) is 25.0 Å². The van der Waals surface area contributed by atoms with Gasteiger partial charge in [-0.15, -0.1) is 11.3 Å². The van der Waals surface area contributed by atoms with E-state index in [1.54, 1.807) is 17.1 Å².